The van der Waals surface area contributed by atoms with Gasteiger partial charge in [-0.2, -0.15) is 0 Å². The van der Waals surface area contributed by atoms with E-state index in [1.165, 1.54) is 186 Å². The topological polar surface area (TPSA) is 119 Å². The highest BCUT2D eigenvalue weighted by Gasteiger charge is 2.23. The van der Waals surface area contributed by atoms with E-state index in [0.29, 0.717) is 6.42 Å². The molecule has 0 saturated heterocycles. The van der Waals surface area contributed by atoms with Crippen molar-refractivity contribution in [3.05, 3.63) is 0 Å². The van der Waals surface area contributed by atoms with Crippen molar-refractivity contribution in [1.82, 2.24) is 0 Å². The molecule has 8 nitrogen and oxygen atoms in total. The van der Waals surface area contributed by atoms with E-state index in [1.807, 2.05) is 0 Å². The average molecular weight is 775 g/mol. The molecule has 0 saturated carbocycles. The Labute approximate surface area is 327 Å². The van der Waals surface area contributed by atoms with Gasteiger partial charge in [0.25, 0.3) is 0 Å². The van der Waals surface area contributed by atoms with E-state index in [4.69, 9.17) is 19.3 Å². The number of carbonyl (C=O) groups is 2. The summed E-state index contributed by atoms with van der Waals surface area (Å²) in [6.07, 6.45) is 44.0. The second kappa shape index (κ2) is 40.7. The summed E-state index contributed by atoms with van der Waals surface area (Å²) in [5, 5.41) is 0. The summed E-state index contributed by atoms with van der Waals surface area (Å²) in [5.74, 6) is -0.865. The van der Waals surface area contributed by atoms with Crippen LogP contribution >= 0.6 is 7.82 Å². The third kappa shape index (κ3) is 43.6. The van der Waals surface area contributed by atoms with Crippen LogP contribution in [-0.2, 0) is 28.2 Å². The highest BCUT2D eigenvalue weighted by Crippen LogP contribution is 2.36. The number of carbonyl (C=O) groups excluding carboxylic acids is 2. The predicted octanol–water partition coefficient (Wildman–Crippen LogP) is 14.0. The largest absolute Gasteiger partial charge is 0.469 e. The maximum atomic E-state index is 12.4. The maximum Gasteiger partial charge on any atom is 0.469 e. The lowest BCUT2D eigenvalue weighted by Gasteiger charge is -2.18. The van der Waals surface area contributed by atoms with Gasteiger partial charge in [-0.15, -0.1) is 0 Å². The molecule has 0 aliphatic heterocycles. The lowest BCUT2D eigenvalue weighted by Crippen LogP contribution is -2.29. The summed E-state index contributed by atoms with van der Waals surface area (Å²) in [6.45, 7) is 3.73. The number of hydrogen-bond donors (Lipinski definition) is 2. The van der Waals surface area contributed by atoms with Crippen LogP contribution in [0.25, 0.3) is 0 Å². The first kappa shape index (κ1) is 52.0. The minimum absolute atomic E-state index is 0.220. The normalized spacial score (nSPS) is 12.3. The molecule has 0 unspecified atom stereocenters. The zero-order chi connectivity index (χ0) is 38.9. The molecule has 0 aromatic rings. The Bertz CT molecular complexity index is 832. The van der Waals surface area contributed by atoms with Crippen molar-refractivity contribution < 1.29 is 37.9 Å². The monoisotopic (exact) mass is 775 g/mol. The molecule has 1 atom stereocenters. The molecule has 0 rings (SSSR count). The summed E-state index contributed by atoms with van der Waals surface area (Å²) < 4.78 is 26.4. The van der Waals surface area contributed by atoms with Gasteiger partial charge in [-0.05, 0) is 12.8 Å². The SMILES string of the molecule is CCCCCCCCCCCCCCCCCCCCCCC(=O)OC[C@H](COP(=O)(O)O)OC(=O)CCCCCCCCCCCCCCCCC. The summed E-state index contributed by atoms with van der Waals surface area (Å²) >= 11 is 0. The van der Waals surface area contributed by atoms with Gasteiger partial charge >= 0.3 is 19.8 Å². The Hall–Kier alpha value is -0.950. The third-order valence-corrected chi connectivity index (χ3v) is 10.9. The van der Waals surface area contributed by atoms with Gasteiger partial charge < -0.3 is 19.3 Å². The van der Waals surface area contributed by atoms with Gasteiger partial charge in [0, 0.05) is 12.8 Å². The van der Waals surface area contributed by atoms with Gasteiger partial charge in [0.05, 0.1) is 6.61 Å². The van der Waals surface area contributed by atoms with Crippen LogP contribution in [0.15, 0.2) is 0 Å². The Morgan fingerprint density at radius 1 is 0.415 bits per heavy atom. The van der Waals surface area contributed by atoms with Crippen LogP contribution in [0.2, 0.25) is 0 Å². The minimum atomic E-state index is -4.75. The fraction of sp³-hybridized carbons (Fsp3) is 0.955. The first-order valence-electron chi connectivity index (χ1n) is 22.8. The standard InChI is InChI=1S/C44H87O8P/c1-3-5-7-9-11-13-15-17-19-20-21-22-23-25-26-28-30-32-34-36-38-43(45)50-40-42(41-51-53(47,48)49)52-44(46)39-37-35-33-31-29-27-24-18-16-14-12-10-8-6-4-2/h42H,3-41H2,1-2H3,(H2,47,48,49)/t42-/m1/s1. The molecular formula is C44H87O8P. The molecule has 0 heterocycles. The van der Waals surface area contributed by atoms with E-state index in [2.05, 4.69) is 18.4 Å². The van der Waals surface area contributed by atoms with Gasteiger partial charge in [0.1, 0.15) is 6.61 Å². The molecule has 0 spiro atoms. The van der Waals surface area contributed by atoms with E-state index >= 15 is 0 Å². The first-order chi connectivity index (χ1) is 25.8. The molecule has 0 fully saturated rings. The zero-order valence-electron chi connectivity index (χ0n) is 34.9. The van der Waals surface area contributed by atoms with E-state index in [9.17, 15) is 14.2 Å². The van der Waals surface area contributed by atoms with Crippen molar-refractivity contribution in [3.63, 3.8) is 0 Å². The number of ether oxygens (including phenoxy) is 2. The van der Waals surface area contributed by atoms with E-state index < -0.39 is 32.5 Å². The summed E-state index contributed by atoms with van der Waals surface area (Å²) in [4.78, 5) is 42.9. The van der Waals surface area contributed by atoms with Crippen LogP contribution in [0.5, 0.6) is 0 Å². The van der Waals surface area contributed by atoms with Gasteiger partial charge in [0.15, 0.2) is 6.10 Å². The predicted molar refractivity (Wildman–Crippen MR) is 221 cm³/mol. The molecule has 0 radical (unpaired) electrons. The fourth-order valence-electron chi connectivity index (χ4n) is 6.96. The van der Waals surface area contributed by atoms with Gasteiger partial charge in [-0.25, -0.2) is 4.57 Å². The van der Waals surface area contributed by atoms with Crippen molar-refractivity contribution in [2.24, 2.45) is 0 Å². The van der Waals surface area contributed by atoms with Crippen molar-refractivity contribution in [2.45, 2.75) is 258 Å². The Balaban J connectivity index is 3.80. The van der Waals surface area contributed by atoms with Crippen molar-refractivity contribution >= 4 is 19.8 Å². The van der Waals surface area contributed by atoms with Crippen molar-refractivity contribution in [2.75, 3.05) is 13.2 Å². The molecule has 0 aliphatic carbocycles. The molecule has 0 aromatic carbocycles. The summed E-state index contributed by atoms with van der Waals surface area (Å²) in [6, 6.07) is 0. The number of unbranched alkanes of at least 4 members (excludes halogenated alkanes) is 33. The zero-order valence-corrected chi connectivity index (χ0v) is 35.8. The van der Waals surface area contributed by atoms with Crippen LogP contribution in [0.4, 0.5) is 0 Å². The molecule has 316 valence electrons. The Kier molecular flexibility index (Phi) is 40.0. The average Bonchev–Trinajstić information content (AvgIpc) is 3.13. The van der Waals surface area contributed by atoms with Crippen LogP contribution in [0.3, 0.4) is 0 Å². The van der Waals surface area contributed by atoms with Crippen molar-refractivity contribution in [1.29, 1.82) is 0 Å². The third-order valence-electron chi connectivity index (χ3n) is 10.4. The van der Waals surface area contributed by atoms with Crippen LogP contribution in [-0.4, -0.2) is 41.0 Å². The van der Waals surface area contributed by atoms with Gasteiger partial charge in [-0.1, -0.05) is 226 Å². The second-order valence-corrected chi connectivity index (χ2v) is 17.0. The van der Waals surface area contributed by atoms with Crippen molar-refractivity contribution in [3.8, 4) is 0 Å². The lowest BCUT2D eigenvalue weighted by molar-refractivity contribution is -0.161. The quantitative estimate of drug-likeness (QED) is 0.0357. The number of phosphoric acid groups is 1. The molecule has 0 amide bonds. The molecule has 9 heteroatoms. The number of esters is 2. The maximum absolute atomic E-state index is 12.4. The summed E-state index contributed by atoms with van der Waals surface area (Å²) in [7, 11) is -4.75. The fourth-order valence-corrected chi connectivity index (χ4v) is 7.32. The smallest absolute Gasteiger partial charge is 0.462 e. The summed E-state index contributed by atoms with van der Waals surface area (Å²) in [5.41, 5.74) is 0. The Morgan fingerprint density at radius 2 is 0.679 bits per heavy atom. The highest BCUT2D eigenvalue weighted by molar-refractivity contribution is 7.46. The molecular weight excluding hydrogens is 687 g/mol. The highest BCUT2D eigenvalue weighted by atomic mass is 31.2. The van der Waals surface area contributed by atoms with Gasteiger partial charge in [-0.3, -0.25) is 14.1 Å². The molecule has 2 N–H and O–H groups in total. The second-order valence-electron chi connectivity index (χ2n) is 15.7. The molecule has 0 bridgehead atoms. The molecule has 0 aliphatic rings. The van der Waals surface area contributed by atoms with E-state index in [-0.39, 0.29) is 19.4 Å². The first-order valence-corrected chi connectivity index (χ1v) is 24.4. The van der Waals surface area contributed by atoms with Gasteiger partial charge in [0.2, 0.25) is 0 Å². The van der Waals surface area contributed by atoms with E-state index in [1.54, 1.807) is 0 Å². The Morgan fingerprint density at radius 3 is 0.962 bits per heavy atom. The number of rotatable bonds is 43. The number of phosphoric ester groups is 1. The lowest BCUT2D eigenvalue weighted by atomic mass is 10.0. The van der Waals surface area contributed by atoms with Crippen LogP contribution in [0.1, 0.15) is 251 Å². The van der Waals surface area contributed by atoms with Crippen LogP contribution < -0.4 is 0 Å². The minimum Gasteiger partial charge on any atom is -0.462 e. The number of hydrogen-bond acceptors (Lipinski definition) is 6. The van der Waals surface area contributed by atoms with Crippen LogP contribution in [0, 0.1) is 0 Å². The molecule has 53 heavy (non-hydrogen) atoms. The molecule has 0 aromatic heterocycles. The van der Waals surface area contributed by atoms with E-state index in [0.717, 1.165) is 32.1 Å².